The van der Waals surface area contributed by atoms with Gasteiger partial charge < -0.3 is 19.5 Å². The van der Waals surface area contributed by atoms with Crippen LogP contribution in [0.4, 0.5) is 5.69 Å². The van der Waals surface area contributed by atoms with Crippen molar-refractivity contribution in [3.05, 3.63) is 62.0 Å². The van der Waals surface area contributed by atoms with Crippen LogP contribution in [0.5, 0.6) is 5.75 Å². The van der Waals surface area contributed by atoms with Crippen LogP contribution in [0.3, 0.4) is 0 Å². The summed E-state index contributed by atoms with van der Waals surface area (Å²) in [6, 6.07) is 3.33. The highest BCUT2D eigenvalue weighted by Crippen LogP contribution is 2.32. The molecule has 3 heterocycles. The zero-order valence-corrected chi connectivity index (χ0v) is 21.0. The number of aryl methyl sites for hydroxylation is 2. The number of carbonyl (C=O) groups excluding carboxylic acids is 1. The second-order valence-electron chi connectivity index (χ2n) is 7.25. The molecule has 1 amide bonds. The van der Waals surface area contributed by atoms with Crippen LogP contribution in [0.2, 0.25) is 10.0 Å². The number of nitrogens with one attached hydrogen (secondary N) is 1. The van der Waals surface area contributed by atoms with Gasteiger partial charge in [-0.3, -0.25) is 9.78 Å². The average molecular weight is 519 g/mol. The van der Waals surface area contributed by atoms with Gasteiger partial charge in [0.1, 0.15) is 17.0 Å². The fourth-order valence-corrected chi connectivity index (χ4v) is 4.45. The Hall–Kier alpha value is -3.21. The Kier molecular flexibility index (Phi) is 7.01. The number of nitrogens with zero attached hydrogens (tertiary/aromatic N) is 5. The number of benzene rings is 1. The number of hydrogen-bond donors (Lipinski definition) is 1. The van der Waals surface area contributed by atoms with E-state index in [2.05, 4.69) is 25.4 Å². The molecule has 0 saturated carbocycles. The van der Waals surface area contributed by atoms with Gasteiger partial charge >= 0.3 is 0 Å². The molecule has 34 heavy (non-hydrogen) atoms. The molecule has 0 spiro atoms. The molecule has 4 aromatic rings. The predicted molar refractivity (Wildman–Crippen MR) is 133 cm³/mol. The minimum atomic E-state index is -0.415. The number of carbonyl (C=O) groups is 1. The van der Waals surface area contributed by atoms with Gasteiger partial charge in [0.2, 0.25) is 0 Å². The number of imidazole rings is 1. The fourth-order valence-electron chi connectivity index (χ4n) is 3.39. The summed E-state index contributed by atoms with van der Waals surface area (Å²) in [4.78, 5) is 31.6. The second kappa shape index (κ2) is 9.96. The van der Waals surface area contributed by atoms with Crippen LogP contribution in [0, 0.1) is 6.92 Å². The zero-order valence-electron chi connectivity index (χ0n) is 18.7. The second-order valence-corrected chi connectivity index (χ2v) is 9.12. The maximum atomic E-state index is 13.2. The number of ether oxygens (including phenoxy) is 1. The molecule has 9 nitrogen and oxygen atoms in total. The first kappa shape index (κ1) is 23.9. The van der Waals surface area contributed by atoms with E-state index in [1.165, 1.54) is 12.4 Å². The van der Waals surface area contributed by atoms with Crippen molar-refractivity contribution in [1.82, 2.24) is 19.5 Å². The highest BCUT2D eigenvalue weighted by Gasteiger charge is 2.22. The lowest BCUT2D eigenvalue weighted by molar-refractivity contribution is 0.102. The summed E-state index contributed by atoms with van der Waals surface area (Å²) in [6.07, 6.45) is 2.81. The van der Waals surface area contributed by atoms with Crippen LogP contribution in [-0.2, 0) is 18.5 Å². The van der Waals surface area contributed by atoms with Crippen molar-refractivity contribution in [2.24, 2.45) is 12.2 Å². The molecule has 0 unspecified atom stereocenters. The quantitative estimate of drug-likeness (QED) is 0.265. The fraction of sp³-hybridized carbons (Fsp3) is 0.227. The van der Waals surface area contributed by atoms with Gasteiger partial charge in [-0.15, -0.1) is 11.3 Å². The number of aromatic nitrogens is 4. The van der Waals surface area contributed by atoms with Crippen LogP contribution in [0.1, 0.15) is 33.8 Å². The summed E-state index contributed by atoms with van der Waals surface area (Å²) in [5, 5.41) is 10.3. The van der Waals surface area contributed by atoms with Crippen LogP contribution >= 0.6 is 34.5 Å². The van der Waals surface area contributed by atoms with Gasteiger partial charge in [-0.25, -0.2) is 9.97 Å². The number of halogens is 2. The minimum absolute atomic E-state index is 0.228. The summed E-state index contributed by atoms with van der Waals surface area (Å²) in [5.74, 6) is 0.616. The number of pyridine rings is 1. The smallest absolute Gasteiger partial charge is 0.257 e. The summed E-state index contributed by atoms with van der Waals surface area (Å²) in [5.41, 5.74) is 3.02. The van der Waals surface area contributed by atoms with Gasteiger partial charge in [0.15, 0.2) is 12.4 Å². The molecule has 176 valence electrons. The highest BCUT2D eigenvalue weighted by molar-refractivity contribution is 7.09. The Morgan fingerprint density at radius 1 is 1.24 bits per heavy atom. The van der Waals surface area contributed by atoms with Crippen molar-refractivity contribution in [2.45, 2.75) is 20.5 Å². The molecule has 0 aliphatic carbocycles. The van der Waals surface area contributed by atoms with E-state index in [9.17, 15) is 4.79 Å². The molecule has 0 aliphatic heterocycles. The normalized spacial score (nSPS) is 11.6. The van der Waals surface area contributed by atoms with E-state index >= 15 is 0 Å². The molecule has 1 aromatic carbocycles. The Morgan fingerprint density at radius 2 is 1.97 bits per heavy atom. The van der Waals surface area contributed by atoms with Crippen LogP contribution in [0.25, 0.3) is 11.0 Å². The molecule has 1 N–H and O–H groups in total. The molecule has 3 aromatic heterocycles. The molecule has 0 saturated heterocycles. The average Bonchev–Trinajstić information content (AvgIpc) is 3.38. The summed E-state index contributed by atoms with van der Waals surface area (Å²) in [6.45, 7) is 3.95. The first-order chi connectivity index (χ1) is 16.3. The molecule has 12 heteroatoms. The van der Waals surface area contributed by atoms with Gasteiger partial charge in [-0.05, 0) is 26.0 Å². The Morgan fingerprint density at radius 3 is 2.62 bits per heavy atom. The number of fused-ring (bicyclic) bond motifs is 1. The number of thiazole rings is 1. The van der Waals surface area contributed by atoms with Crippen LogP contribution in [-0.4, -0.2) is 38.2 Å². The summed E-state index contributed by atoms with van der Waals surface area (Å²) >= 11 is 13.9. The van der Waals surface area contributed by atoms with E-state index in [0.29, 0.717) is 33.9 Å². The molecule has 4 rings (SSSR count). The number of anilines is 1. The molecule has 0 atom stereocenters. The van der Waals surface area contributed by atoms with E-state index < -0.39 is 5.91 Å². The number of rotatable bonds is 7. The maximum absolute atomic E-state index is 13.2. The lowest BCUT2D eigenvalue weighted by atomic mass is 10.1. The zero-order chi connectivity index (χ0) is 24.4. The number of hydrogen-bond acceptors (Lipinski definition) is 8. The van der Waals surface area contributed by atoms with Crippen LogP contribution < -0.4 is 10.1 Å². The van der Waals surface area contributed by atoms with Crippen molar-refractivity contribution >= 4 is 62.9 Å². The minimum Gasteiger partial charge on any atom is -0.494 e. The number of amides is 1. The Balaban J connectivity index is 1.69. The Labute approximate surface area is 209 Å². The third-order valence-electron chi connectivity index (χ3n) is 4.95. The lowest BCUT2D eigenvalue weighted by Crippen LogP contribution is -2.15. The molecule has 0 fully saturated rings. The standard InChI is InChI=1S/C22H20Cl2N6O3S/c1-11(29-33-9-13-10-34-12(2)26-13)21-27-19-17(32-4)6-5-14(20(19)30(21)3)22(31)28-18-15(23)7-25-8-16(18)24/h5-8,10H,9H2,1-4H3,(H,25,28,31). The summed E-state index contributed by atoms with van der Waals surface area (Å²) in [7, 11) is 3.33. The molecule has 0 radical (unpaired) electrons. The van der Waals surface area contributed by atoms with Gasteiger partial charge in [-0.2, -0.15) is 0 Å². The largest absolute Gasteiger partial charge is 0.494 e. The molecular weight excluding hydrogens is 499 g/mol. The van der Waals surface area contributed by atoms with Gasteiger partial charge in [0, 0.05) is 24.8 Å². The van der Waals surface area contributed by atoms with E-state index in [1.807, 2.05) is 12.3 Å². The topological polar surface area (TPSA) is 104 Å². The predicted octanol–water partition coefficient (Wildman–Crippen LogP) is 5.24. The third-order valence-corrected chi connectivity index (χ3v) is 6.34. The van der Waals surface area contributed by atoms with Crippen LogP contribution in [0.15, 0.2) is 35.1 Å². The van der Waals surface area contributed by atoms with E-state index in [4.69, 9.17) is 32.8 Å². The van der Waals surface area contributed by atoms with Crippen molar-refractivity contribution in [3.8, 4) is 5.75 Å². The molecule has 0 bridgehead atoms. The van der Waals surface area contributed by atoms with Gasteiger partial charge in [0.25, 0.3) is 5.91 Å². The van der Waals surface area contributed by atoms with Crippen molar-refractivity contribution in [3.63, 3.8) is 0 Å². The Bertz CT molecular complexity index is 1400. The third kappa shape index (κ3) is 4.70. The first-order valence-electron chi connectivity index (χ1n) is 10.0. The monoisotopic (exact) mass is 518 g/mol. The molecular formula is C22H20Cl2N6O3S. The van der Waals surface area contributed by atoms with Crippen molar-refractivity contribution in [1.29, 1.82) is 0 Å². The van der Waals surface area contributed by atoms with Crippen molar-refractivity contribution in [2.75, 3.05) is 12.4 Å². The first-order valence-corrected chi connectivity index (χ1v) is 11.7. The highest BCUT2D eigenvalue weighted by atomic mass is 35.5. The number of oxime groups is 1. The van der Waals surface area contributed by atoms with Gasteiger partial charge in [0.05, 0.1) is 44.6 Å². The molecule has 0 aliphatic rings. The number of methoxy groups -OCH3 is 1. The van der Waals surface area contributed by atoms with Crippen molar-refractivity contribution < 1.29 is 14.4 Å². The van der Waals surface area contributed by atoms with Gasteiger partial charge in [-0.1, -0.05) is 28.4 Å². The maximum Gasteiger partial charge on any atom is 0.257 e. The van der Waals surface area contributed by atoms with E-state index in [-0.39, 0.29) is 22.3 Å². The van der Waals surface area contributed by atoms with E-state index in [1.54, 1.807) is 49.1 Å². The summed E-state index contributed by atoms with van der Waals surface area (Å²) < 4.78 is 7.23. The lowest BCUT2D eigenvalue weighted by Gasteiger charge is -2.11. The van der Waals surface area contributed by atoms with E-state index in [0.717, 1.165) is 10.7 Å². The SMILES string of the molecule is COc1ccc(C(=O)Nc2c(Cl)cncc2Cl)c2c1nc(C(C)=NOCc1csc(C)n1)n2C.